The van der Waals surface area contributed by atoms with Crippen LogP contribution >= 0.6 is 11.6 Å². The van der Waals surface area contributed by atoms with Gasteiger partial charge in [0.15, 0.2) is 5.82 Å². The average molecular weight is 332 g/mol. The predicted octanol–water partition coefficient (Wildman–Crippen LogP) is 2.81. The van der Waals surface area contributed by atoms with Gasteiger partial charge in [-0.05, 0) is 31.0 Å². The summed E-state index contributed by atoms with van der Waals surface area (Å²) < 4.78 is 7.35. The number of benzene rings is 1. The van der Waals surface area contributed by atoms with Crippen LogP contribution in [-0.4, -0.2) is 26.2 Å². The molecule has 2 N–H and O–H groups in total. The molecule has 1 aromatic carbocycles. The summed E-state index contributed by atoms with van der Waals surface area (Å²) >= 11 is 5.91. The van der Waals surface area contributed by atoms with Gasteiger partial charge in [-0.25, -0.2) is 4.98 Å². The van der Waals surface area contributed by atoms with E-state index in [4.69, 9.17) is 21.9 Å². The Balaban J connectivity index is 1.75. The molecule has 120 valence electrons. The molecule has 3 rings (SSSR count). The third-order valence-electron chi connectivity index (χ3n) is 3.83. The van der Waals surface area contributed by atoms with Crippen LogP contribution in [0, 0.1) is 0 Å². The Morgan fingerprint density at radius 1 is 1.30 bits per heavy atom. The minimum absolute atomic E-state index is 0.0209. The number of halogens is 1. The summed E-state index contributed by atoms with van der Waals surface area (Å²) in [7, 11) is 0. The molecule has 2 aromatic heterocycles. The zero-order valence-electron chi connectivity index (χ0n) is 12.8. The van der Waals surface area contributed by atoms with Crippen molar-refractivity contribution in [3.8, 4) is 0 Å². The zero-order valence-corrected chi connectivity index (χ0v) is 13.5. The molecule has 7 heteroatoms. The molecule has 2 unspecified atom stereocenters. The molecule has 2 atom stereocenters. The summed E-state index contributed by atoms with van der Waals surface area (Å²) in [6, 6.07) is 7.66. The highest BCUT2D eigenvalue weighted by molar-refractivity contribution is 6.30. The molecule has 0 aliphatic rings. The van der Waals surface area contributed by atoms with E-state index < -0.39 is 0 Å². The molecule has 2 heterocycles. The van der Waals surface area contributed by atoms with Crippen LogP contribution in [0.1, 0.15) is 36.2 Å². The van der Waals surface area contributed by atoms with Gasteiger partial charge in [0.25, 0.3) is 0 Å². The molecule has 0 amide bonds. The van der Waals surface area contributed by atoms with Gasteiger partial charge in [0, 0.05) is 24.0 Å². The molecule has 0 spiro atoms. The molecule has 0 aliphatic heterocycles. The maximum atomic E-state index is 5.91. The molecule has 23 heavy (non-hydrogen) atoms. The van der Waals surface area contributed by atoms with Crippen LogP contribution < -0.4 is 5.73 Å². The Bertz CT molecular complexity index is 738. The lowest BCUT2D eigenvalue weighted by Gasteiger charge is -2.10. The molecule has 0 aliphatic carbocycles. The van der Waals surface area contributed by atoms with E-state index in [1.165, 1.54) is 0 Å². The van der Waals surface area contributed by atoms with Gasteiger partial charge >= 0.3 is 0 Å². The Morgan fingerprint density at radius 3 is 2.74 bits per heavy atom. The van der Waals surface area contributed by atoms with Gasteiger partial charge in [0.1, 0.15) is 0 Å². The summed E-state index contributed by atoms with van der Waals surface area (Å²) in [5.41, 5.74) is 7.03. The van der Waals surface area contributed by atoms with Crippen LogP contribution in [0.5, 0.6) is 0 Å². The van der Waals surface area contributed by atoms with Crippen molar-refractivity contribution in [1.82, 2.24) is 19.7 Å². The van der Waals surface area contributed by atoms with E-state index in [0.717, 1.165) is 12.0 Å². The first kappa shape index (κ1) is 15.7. The lowest BCUT2D eigenvalue weighted by molar-refractivity contribution is 0.346. The highest BCUT2D eigenvalue weighted by Crippen LogP contribution is 2.22. The molecule has 0 saturated heterocycles. The number of nitrogens with two attached hydrogens (primary N) is 1. The molecule has 0 saturated carbocycles. The van der Waals surface area contributed by atoms with E-state index in [0.29, 0.717) is 23.3 Å². The van der Waals surface area contributed by atoms with Gasteiger partial charge in [0.05, 0.1) is 18.3 Å². The SMILES string of the molecule is CC(c1noc(C(CN)Cc2ccc(Cl)cc2)n1)n1ccnc1. The van der Waals surface area contributed by atoms with E-state index in [1.54, 1.807) is 12.5 Å². The smallest absolute Gasteiger partial charge is 0.231 e. The average Bonchev–Trinajstić information content (AvgIpc) is 3.25. The second kappa shape index (κ2) is 6.93. The first-order valence-electron chi connectivity index (χ1n) is 7.43. The Labute approximate surface area is 139 Å². The lowest BCUT2D eigenvalue weighted by Crippen LogP contribution is -2.16. The van der Waals surface area contributed by atoms with Crippen LogP contribution in [0.25, 0.3) is 0 Å². The lowest BCUT2D eigenvalue weighted by atomic mass is 9.99. The maximum absolute atomic E-state index is 5.91. The van der Waals surface area contributed by atoms with E-state index in [-0.39, 0.29) is 12.0 Å². The zero-order chi connectivity index (χ0) is 16.2. The molecule has 6 nitrogen and oxygen atoms in total. The van der Waals surface area contributed by atoms with Crippen molar-refractivity contribution >= 4 is 11.6 Å². The van der Waals surface area contributed by atoms with Crippen molar-refractivity contribution in [3.05, 3.63) is 65.3 Å². The van der Waals surface area contributed by atoms with Crippen molar-refractivity contribution in [3.63, 3.8) is 0 Å². The highest BCUT2D eigenvalue weighted by Gasteiger charge is 2.21. The molecule has 0 fully saturated rings. The topological polar surface area (TPSA) is 82.8 Å². The number of rotatable bonds is 6. The van der Waals surface area contributed by atoms with E-state index in [1.807, 2.05) is 42.0 Å². The number of aromatic nitrogens is 4. The normalized spacial score (nSPS) is 13.9. The largest absolute Gasteiger partial charge is 0.339 e. The van der Waals surface area contributed by atoms with Gasteiger partial charge in [0.2, 0.25) is 5.89 Å². The Morgan fingerprint density at radius 2 is 2.09 bits per heavy atom. The fourth-order valence-corrected chi connectivity index (χ4v) is 2.52. The number of hydrogen-bond donors (Lipinski definition) is 1. The predicted molar refractivity (Wildman–Crippen MR) is 87.3 cm³/mol. The Kier molecular flexibility index (Phi) is 4.73. The first-order chi connectivity index (χ1) is 11.2. The molecule has 3 aromatic rings. The second-order valence-electron chi connectivity index (χ2n) is 5.44. The van der Waals surface area contributed by atoms with Crippen molar-refractivity contribution in [2.45, 2.75) is 25.3 Å². The van der Waals surface area contributed by atoms with E-state index in [9.17, 15) is 0 Å². The molecule has 0 radical (unpaired) electrons. The summed E-state index contributed by atoms with van der Waals surface area (Å²) in [4.78, 5) is 8.55. The molecular formula is C16H18ClN5O. The van der Waals surface area contributed by atoms with Crippen molar-refractivity contribution in [2.24, 2.45) is 5.73 Å². The fraction of sp³-hybridized carbons (Fsp3) is 0.312. The quantitative estimate of drug-likeness (QED) is 0.751. The maximum Gasteiger partial charge on any atom is 0.231 e. The minimum Gasteiger partial charge on any atom is -0.339 e. The minimum atomic E-state index is -0.0380. The third kappa shape index (κ3) is 3.60. The standard InChI is InChI=1S/C16H18ClN5O/c1-11(22-7-6-19-10-22)15-20-16(23-21-15)13(9-18)8-12-2-4-14(17)5-3-12/h2-7,10-11,13H,8-9,18H2,1H3. The van der Waals surface area contributed by atoms with Crippen LogP contribution in [0.3, 0.4) is 0 Å². The molecular weight excluding hydrogens is 314 g/mol. The summed E-state index contributed by atoms with van der Waals surface area (Å²) in [6.45, 7) is 2.43. The highest BCUT2D eigenvalue weighted by atomic mass is 35.5. The van der Waals surface area contributed by atoms with Crippen molar-refractivity contribution < 1.29 is 4.52 Å². The van der Waals surface area contributed by atoms with Gasteiger partial charge in [-0.1, -0.05) is 28.9 Å². The van der Waals surface area contributed by atoms with Crippen molar-refractivity contribution in [1.29, 1.82) is 0 Å². The summed E-state index contributed by atoms with van der Waals surface area (Å²) in [6.07, 6.45) is 6.05. The number of hydrogen-bond acceptors (Lipinski definition) is 5. The molecule has 0 bridgehead atoms. The van der Waals surface area contributed by atoms with Crippen molar-refractivity contribution in [2.75, 3.05) is 6.54 Å². The van der Waals surface area contributed by atoms with Crippen LogP contribution in [0.2, 0.25) is 5.02 Å². The monoisotopic (exact) mass is 331 g/mol. The van der Waals surface area contributed by atoms with Gasteiger partial charge in [-0.15, -0.1) is 0 Å². The fourth-order valence-electron chi connectivity index (χ4n) is 2.39. The van der Waals surface area contributed by atoms with Gasteiger partial charge < -0.3 is 14.8 Å². The van der Waals surface area contributed by atoms with Gasteiger partial charge in [-0.2, -0.15) is 4.98 Å². The van der Waals surface area contributed by atoms with E-state index in [2.05, 4.69) is 15.1 Å². The van der Waals surface area contributed by atoms with Crippen LogP contribution in [-0.2, 0) is 6.42 Å². The van der Waals surface area contributed by atoms with Gasteiger partial charge in [-0.3, -0.25) is 0 Å². The number of nitrogens with zero attached hydrogens (tertiary/aromatic N) is 4. The van der Waals surface area contributed by atoms with Crippen LogP contribution in [0.15, 0.2) is 47.5 Å². The van der Waals surface area contributed by atoms with Crippen LogP contribution in [0.4, 0.5) is 0 Å². The second-order valence-corrected chi connectivity index (χ2v) is 5.88. The third-order valence-corrected chi connectivity index (χ3v) is 4.08. The Hall–Kier alpha value is -2.18. The van der Waals surface area contributed by atoms with E-state index >= 15 is 0 Å². The summed E-state index contributed by atoms with van der Waals surface area (Å²) in [5.74, 6) is 1.16. The number of imidazole rings is 1. The first-order valence-corrected chi connectivity index (χ1v) is 7.80. The summed E-state index contributed by atoms with van der Waals surface area (Å²) in [5, 5.41) is 4.80.